The maximum atomic E-state index is 13.6. The van der Waals surface area contributed by atoms with Gasteiger partial charge < -0.3 is 15.2 Å². The number of aryl methyl sites for hydroxylation is 1. The number of rotatable bonds is 6. The van der Waals surface area contributed by atoms with Crippen LogP contribution in [0.15, 0.2) is 78.0 Å². The van der Waals surface area contributed by atoms with E-state index >= 15 is 0 Å². The van der Waals surface area contributed by atoms with Gasteiger partial charge in [-0.05, 0) is 36.4 Å². The van der Waals surface area contributed by atoms with Crippen LogP contribution in [0.5, 0.6) is 0 Å². The summed E-state index contributed by atoms with van der Waals surface area (Å²) >= 11 is 1.40. The minimum atomic E-state index is -0.436. The number of imidazole rings is 1. The lowest BCUT2D eigenvalue weighted by Crippen LogP contribution is -2.29. The monoisotopic (exact) mass is 495 g/mol. The van der Waals surface area contributed by atoms with Gasteiger partial charge in [-0.15, -0.1) is 11.3 Å². The highest BCUT2D eigenvalue weighted by molar-refractivity contribution is 7.24. The van der Waals surface area contributed by atoms with Gasteiger partial charge in [0.25, 0.3) is 5.91 Å². The maximum Gasteiger partial charge on any atom is 0.258 e. The Kier molecular flexibility index (Phi) is 5.42. The van der Waals surface area contributed by atoms with Crippen molar-refractivity contribution in [3.05, 3.63) is 100 Å². The minimum absolute atomic E-state index is 0.107. The van der Waals surface area contributed by atoms with Gasteiger partial charge in [0, 0.05) is 25.6 Å². The van der Waals surface area contributed by atoms with Crippen molar-refractivity contribution in [1.82, 2.24) is 29.2 Å². The molecule has 1 aromatic carbocycles. The van der Waals surface area contributed by atoms with Gasteiger partial charge in [0.05, 0.1) is 34.4 Å². The summed E-state index contributed by atoms with van der Waals surface area (Å²) in [6.07, 6.45) is 5.29. The lowest BCUT2D eigenvalue weighted by molar-refractivity contribution is 0.0951. The molecule has 5 heterocycles. The molecule has 0 spiro atoms. The number of hydrogen-bond acceptors (Lipinski definition) is 7. The molecule has 10 heteroatoms. The molecule has 36 heavy (non-hydrogen) atoms. The van der Waals surface area contributed by atoms with E-state index in [0.29, 0.717) is 33.9 Å². The average molecular weight is 496 g/mol. The summed E-state index contributed by atoms with van der Waals surface area (Å²) in [5, 5.41) is 6.52. The molecule has 178 valence electrons. The summed E-state index contributed by atoms with van der Waals surface area (Å²) in [5.74, 6) is 1.04. The van der Waals surface area contributed by atoms with Crippen LogP contribution in [0.25, 0.3) is 26.1 Å². The van der Waals surface area contributed by atoms with Gasteiger partial charge in [-0.2, -0.15) is 0 Å². The molecule has 1 amide bonds. The summed E-state index contributed by atoms with van der Waals surface area (Å²) in [7, 11) is 1.93. The van der Waals surface area contributed by atoms with E-state index in [0.717, 1.165) is 16.0 Å². The van der Waals surface area contributed by atoms with Crippen molar-refractivity contribution in [3.63, 3.8) is 0 Å². The van der Waals surface area contributed by atoms with Gasteiger partial charge in [0.15, 0.2) is 5.65 Å². The van der Waals surface area contributed by atoms with Gasteiger partial charge in [-0.1, -0.05) is 18.2 Å². The van der Waals surface area contributed by atoms with Crippen LogP contribution < -0.4 is 16.1 Å². The number of amides is 1. The third-order valence-corrected chi connectivity index (χ3v) is 7.17. The number of para-hydroxylation sites is 1. The molecule has 0 fully saturated rings. The SMILES string of the molecule is Cn1ccnc1CNc1ccc2c(=O)c(C(=O)NCc3ccccn3)c3sc4ccccc4n3c2n1. The van der Waals surface area contributed by atoms with Crippen LogP contribution >= 0.6 is 11.3 Å². The molecule has 0 aliphatic heterocycles. The smallest absolute Gasteiger partial charge is 0.258 e. The number of carbonyl (C=O) groups is 1. The van der Waals surface area contributed by atoms with Gasteiger partial charge in [-0.3, -0.25) is 19.0 Å². The van der Waals surface area contributed by atoms with Gasteiger partial charge >= 0.3 is 0 Å². The van der Waals surface area contributed by atoms with Crippen LogP contribution in [0.1, 0.15) is 21.9 Å². The number of thiazole rings is 1. The third kappa shape index (κ3) is 3.77. The maximum absolute atomic E-state index is 13.6. The van der Waals surface area contributed by atoms with Crippen molar-refractivity contribution in [2.24, 2.45) is 7.05 Å². The molecule has 0 aliphatic carbocycles. The van der Waals surface area contributed by atoms with Crippen LogP contribution in [-0.4, -0.2) is 29.8 Å². The second-order valence-electron chi connectivity index (χ2n) is 8.29. The number of carbonyl (C=O) groups excluding carboxylic acids is 1. The van der Waals surface area contributed by atoms with Gasteiger partial charge in [0.1, 0.15) is 22.0 Å². The summed E-state index contributed by atoms with van der Waals surface area (Å²) in [4.78, 5) is 40.9. The first kappa shape index (κ1) is 21.9. The van der Waals surface area contributed by atoms with Crippen LogP contribution in [0, 0.1) is 0 Å². The molecule has 6 aromatic rings. The number of aromatic nitrogens is 5. The van der Waals surface area contributed by atoms with Crippen molar-refractivity contribution < 1.29 is 4.79 Å². The molecule has 0 radical (unpaired) electrons. The molecule has 0 saturated carbocycles. The van der Waals surface area contributed by atoms with Gasteiger partial charge in [0.2, 0.25) is 5.43 Å². The standard InChI is InChI=1S/C26H21N7O2S/c1-32-13-12-28-21(32)15-29-20-10-9-17-23(34)22(25(35)30-14-16-6-4-5-11-27-16)26-33(24(17)31-20)18-7-2-3-8-19(18)36-26/h2-13H,14-15H2,1H3,(H,29,31)(H,30,35). The second-order valence-corrected chi connectivity index (χ2v) is 9.32. The Morgan fingerprint density at radius 3 is 2.67 bits per heavy atom. The molecule has 0 atom stereocenters. The first-order valence-corrected chi connectivity index (χ1v) is 12.2. The molecule has 2 N–H and O–H groups in total. The topological polar surface area (TPSA) is 106 Å². The Bertz CT molecular complexity index is 1800. The Morgan fingerprint density at radius 2 is 1.86 bits per heavy atom. The zero-order valence-corrected chi connectivity index (χ0v) is 20.1. The Balaban J connectivity index is 1.48. The molecular formula is C26H21N7O2S. The fourth-order valence-electron chi connectivity index (χ4n) is 4.19. The molecule has 0 aliphatic rings. The quantitative estimate of drug-likeness (QED) is 0.365. The number of nitrogens with one attached hydrogen (secondary N) is 2. The first-order valence-electron chi connectivity index (χ1n) is 11.4. The summed E-state index contributed by atoms with van der Waals surface area (Å²) in [5.41, 5.74) is 1.85. The highest BCUT2D eigenvalue weighted by atomic mass is 32.1. The van der Waals surface area contributed by atoms with E-state index in [1.165, 1.54) is 11.3 Å². The van der Waals surface area contributed by atoms with E-state index in [1.54, 1.807) is 24.5 Å². The number of nitrogens with zero attached hydrogens (tertiary/aromatic N) is 5. The van der Waals surface area contributed by atoms with E-state index in [-0.39, 0.29) is 17.5 Å². The number of fused-ring (bicyclic) bond motifs is 5. The van der Waals surface area contributed by atoms with E-state index in [4.69, 9.17) is 4.98 Å². The Morgan fingerprint density at radius 1 is 1.00 bits per heavy atom. The lowest BCUT2D eigenvalue weighted by Gasteiger charge is -2.11. The fraction of sp³-hybridized carbons (Fsp3) is 0.115. The van der Waals surface area contributed by atoms with Crippen LogP contribution in [-0.2, 0) is 20.1 Å². The van der Waals surface area contributed by atoms with Crippen LogP contribution in [0.4, 0.5) is 5.82 Å². The second kappa shape index (κ2) is 8.90. The normalized spacial score (nSPS) is 11.4. The largest absolute Gasteiger partial charge is 0.363 e. The predicted molar refractivity (Wildman–Crippen MR) is 140 cm³/mol. The number of benzene rings is 1. The number of hydrogen-bond donors (Lipinski definition) is 2. The Hall–Kier alpha value is -4.57. The van der Waals surface area contributed by atoms with Crippen molar-refractivity contribution in [1.29, 1.82) is 0 Å². The van der Waals surface area contributed by atoms with Crippen LogP contribution in [0.3, 0.4) is 0 Å². The fourth-order valence-corrected chi connectivity index (χ4v) is 5.37. The molecule has 6 rings (SSSR count). The lowest BCUT2D eigenvalue weighted by atomic mass is 10.1. The molecule has 0 bridgehead atoms. The highest BCUT2D eigenvalue weighted by Gasteiger charge is 2.22. The van der Waals surface area contributed by atoms with E-state index in [1.807, 2.05) is 64.7 Å². The van der Waals surface area contributed by atoms with E-state index < -0.39 is 5.91 Å². The number of anilines is 1. The Labute approximate surface area is 209 Å². The predicted octanol–water partition coefficient (Wildman–Crippen LogP) is 3.73. The van der Waals surface area contributed by atoms with Crippen molar-refractivity contribution in [2.45, 2.75) is 13.1 Å². The molecule has 0 unspecified atom stereocenters. The van der Waals surface area contributed by atoms with Crippen molar-refractivity contribution in [2.75, 3.05) is 5.32 Å². The first-order chi connectivity index (χ1) is 17.6. The molecule has 9 nitrogen and oxygen atoms in total. The molecule has 0 saturated heterocycles. The summed E-state index contributed by atoms with van der Waals surface area (Å²) < 4.78 is 4.79. The van der Waals surface area contributed by atoms with Crippen molar-refractivity contribution in [3.8, 4) is 0 Å². The summed E-state index contributed by atoms with van der Waals surface area (Å²) in [6, 6.07) is 16.8. The molecular weight excluding hydrogens is 474 g/mol. The zero-order chi connectivity index (χ0) is 24.6. The summed E-state index contributed by atoms with van der Waals surface area (Å²) in [6.45, 7) is 0.709. The number of pyridine rings is 3. The minimum Gasteiger partial charge on any atom is -0.363 e. The van der Waals surface area contributed by atoms with Gasteiger partial charge in [-0.25, -0.2) is 9.97 Å². The van der Waals surface area contributed by atoms with E-state index in [2.05, 4.69) is 20.6 Å². The average Bonchev–Trinajstić information content (AvgIpc) is 3.49. The van der Waals surface area contributed by atoms with Crippen molar-refractivity contribution >= 4 is 49.1 Å². The van der Waals surface area contributed by atoms with Crippen LogP contribution in [0.2, 0.25) is 0 Å². The molecule has 5 aromatic heterocycles. The zero-order valence-electron chi connectivity index (χ0n) is 19.3. The highest BCUT2D eigenvalue weighted by Crippen LogP contribution is 2.31. The third-order valence-electron chi connectivity index (χ3n) is 6.02. The van der Waals surface area contributed by atoms with E-state index in [9.17, 15) is 9.59 Å².